The average molecular weight is 302 g/mol. The number of nitrogens with zero attached hydrogens (tertiary/aromatic N) is 1. The minimum Gasteiger partial charge on any atom is -0.457 e. The number of rotatable bonds is 6. The summed E-state index contributed by atoms with van der Waals surface area (Å²) in [6.07, 6.45) is 0. The van der Waals surface area contributed by atoms with E-state index in [9.17, 15) is 14.9 Å². The van der Waals surface area contributed by atoms with Crippen molar-refractivity contribution >= 4 is 11.6 Å². The Bertz CT molecular complexity index is 673. The summed E-state index contributed by atoms with van der Waals surface area (Å²) in [6.45, 7) is 1.98. The van der Waals surface area contributed by atoms with E-state index in [0.717, 1.165) is 6.07 Å². The minimum absolute atomic E-state index is 0.0199. The van der Waals surface area contributed by atoms with Crippen molar-refractivity contribution in [3.05, 3.63) is 64.2 Å². The number of hydrogen-bond donors (Lipinski definition) is 1. The number of hydroxylamine groups is 1. The van der Waals surface area contributed by atoms with Crippen LogP contribution in [0.15, 0.2) is 48.5 Å². The lowest BCUT2D eigenvalue weighted by Gasteiger charge is -2.11. The van der Waals surface area contributed by atoms with Gasteiger partial charge >= 0.3 is 0 Å². The molecule has 114 valence electrons. The first-order chi connectivity index (χ1) is 10.6. The second kappa shape index (κ2) is 7.19. The van der Waals surface area contributed by atoms with Gasteiger partial charge in [0, 0.05) is 12.1 Å². The van der Waals surface area contributed by atoms with Crippen LogP contribution in [-0.2, 0) is 4.84 Å². The van der Waals surface area contributed by atoms with Gasteiger partial charge in [0.05, 0.1) is 17.1 Å². The predicted octanol–water partition coefficient (Wildman–Crippen LogP) is 3.07. The molecule has 0 aromatic heterocycles. The second-order valence-electron chi connectivity index (χ2n) is 4.22. The van der Waals surface area contributed by atoms with Gasteiger partial charge in [-0.2, -0.15) is 0 Å². The van der Waals surface area contributed by atoms with Crippen molar-refractivity contribution in [1.82, 2.24) is 5.48 Å². The zero-order chi connectivity index (χ0) is 15.9. The van der Waals surface area contributed by atoms with Crippen LogP contribution in [0.5, 0.6) is 11.5 Å². The molecule has 0 heterocycles. The Kier molecular flexibility index (Phi) is 5.05. The van der Waals surface area contributed by atoms with Crippen molar-refractivity contribution in [2.75, 3.05) is 6.61 Å². The van der Waals surface area contributed by atoms with Gasteiger partial charge in [0.1, 0.15) is 11.5 Å². The van der Waals surface area contributed by atoms with Crippen LogP contribution in [0.25, 0.3) is 0 Å². The van der Waals surface area contributed by atoms with Gasteiger partial charge in [-0.3, -0.25) is 19.7 Å². The molecule has 7 heteroatoms. The Morgan fingerprint density at radius 3 is 2.59 bits per heavy atom. The van der Waals surface area contributed by atoms with Gasteiger partial charge in [0.2, 0.25) is 0 Å². The molecule has 0 atom stereocenters. The van der Waals surface area contributed by atoms with Crippen LogP contribution >= 0.6 is 0 Å². The fourth-order valence-corrected chi connectivity index (χ4v) is 1.71. The molecule has 1 N–H and O–H groups in total. The van der Waals surface area contributed by atoms with E-state index >= 15 is 0 Å². The van der Waals surface area contributed by atoms with Crippen molar-refractivity contribution < 1.29 is 19.3 Å². The molecule has 0 saturated carbocycles. The summed E-state index contributed by atoms with van der Waals surface area (Å²) in [6, 6.07) is 12.6. The third kappa shape index (κ3) is 3.80. The first kappa shape index (κ1) is 15.5. The summed E-state index contributed by atoms with van der Waals surface area (Å²) in [5.41, 5.74) is 2.01. The smallest absolute Gasteiger partial charge is 0.278 e. The Morgan fingerprint density at radius 2 is 1.95 bits per heavy atom. The molecule has 0 spiro atoms. The average Bonchev–Trinajstić information content (AvgIpc) is 2.53. The second-order valence-corrected chi connectivity index (χ2v) is 4.22. The molecule has 22 heavy (non-hydrogen) atoms. The number of ether oxygens (including phenoxy) is 1. The first-order valence-corrected chi connectivity index (χ1v) is 6.55. The highest BCUT2D eigenvalue weighted by molar-refractivity contribution is 5.97. The molecule has 2 aromatic carbocycles. The molecule has 0 fully saturated rings. The Hall–Kier alpha value is -2.93. The number of nitro groups is 1. The van der Waals surface area contributed by atoms with Gasteiger partial charge < -0.3 is 4.74 Å². The largest absolute Gasteiger partial charge is 0.457 e. The zero-order valence-corrected chi connectivity index (χ0v) is 11.8. The van der Waals surface area contributed by atoms with Gasteiger partial charge in [0.15, 0.2) is 0 Å². The topological polar surface area (TPSA) is 90.7 Å². The number of carbonyl (C=O) groups excluding carboxylic acids is 1. The summed E-state index contributed by atoms with van der Waals surface area (Å²) in [5.74, 6) is 0.104. The molecule has 2 rings (SSSR count). The van der Waals surface area contributed by atoms with Gasteiger partial charge in [-0.15, -0.1) is 0 Å². The highest BCUT2D eigenvalue weighted by atomic mass is 16.6. The molecule has 7 nitrogen and oxygen atoms in total. The van der Waals surface area contributed by atoms with E-state index in [1.54, 1.807) is 31.2 Å². The fourth-order valence-electron chi connectivity index (χ4n) is 1.71. The van der Waals surface area contributed by atoms with Crippen molar-refractivity contribution in [2.24, 2.45) is 0 Å². The van der Waals surface area contributed by atoms with Crippen molar-refractivity contribution in [1.29, 1.82) is 0 Å². The lowest BCUT2D eigenvalue weighted by Crippen LogP contribution is -2.24. The molecular weight excluding hydrogens is 288 g/mol. The number of carbonyl (C=O) groups is 1. The van der Waals surface area contributed by atoms with Crippen LogP contribution in [0, 0.1) is 10.1 Å². The molecule has 1 amide bonds. The van der Waals surface area contributed by atoms with E-state index in [2.05, 4.69) is 5.48 Å². The maximum Gasteiger partial charge on any atom is 0.278 e. The maximum absolute atomic E-state index is 12.1. The monoisotopic (exact) mass is 302 g/mol. The van der Waals surface area contributed by atoms with E-state index in [1.807, 2.05) is 6.07 Å². The number of benzene rings is 2. The van der Waals surface area contributed by atoms with Crippen LogP contribution in [0.4, 0.5) is 5.69 Å². The van der Waals surface area contributed by atoms with Crippen LogP contribution in [0.3, 0.4) is 0 Å². The van der Waals surface area contributed by atoms with E-state index in [-0.39, 0.29) is 23.6 Å². The molecule has 0 aliphatic rings. The third-order valence-electron chi connectivity index (χ3n) is 2.70. The zero-order valence-electron chi connectivity index (χ0n) is 11.8. The summed E-state index contributed by atoms with van der Waals surface area (Å²) in [7, 11) is 0. The van der Waals surface area contributed by atoms with Crippen LogP contribution < -0.4 is 10.2 Å². The molecular formula is C15H14N2O5. The standard InChI is InChI=1S/C15H14N2O5/c1-2-21-16-15(18)13-10-11(17(19)20)8-9-14(13)22-12-6-4-3-5-7-12/h3-10H,2H2,1H3,(H,16,18). The summed E-state index contributed by atoms with van der Waals surface area (Å²) in [5, 5.41) is 10.9. The molecule has 0 radical (unpaired) electrons. The number of amides is 1. The maximum atomic E-state index is 12.1. The highest BCUT2D eigenvalue weighted by Crippen LogP contribution is 2.28. The number of hydrogen-bond acceptors (Lipinski definition) is 5. The highest BCUT2D eigenvalue weighted by Gasteiger charge is 2.18. The summed E-state index contributed by atoms with van der Waals surface area (Å²) in [4.78, 5) is 27.2. The lowest BCUT2D eigenvalue weighted by molar-refractivity contribution is -0.384. The van der Waals surface area contributed by atoms with Crippen molar-refractivity contribution in [2.45, 2.75) is 6.92 Å². The Balaban J connectivity index is 2.35. The number of nitrogens with one attached hydrogen (secondary N) is 1. The van der Waals surface area contributed by atoms with Gasteiger partial charge in [-0.05, 0) is 25.1 Å². The van der Waals surface area contributed by atoms with E-state index in [4.69, 9.17) is 9.57 Å². The van der Waals surface area contributed by atoms with Crippen LogP contribution in [-0.4, -0.2) is 17.4 Å². The predicted molar refractivity (Wildman–Crippen MR) is 78.7 cm³/mol. The molecule has 0 unspecified atom stereocenters. The Labute approximate surface area is 126 Å². The van der Waals surface area contributed by atoms with E-state index < -0.39 is 10.8 Å². The van der Waals surface area contributed by atoms with E-state index in [0.29, 0.717) is 5.75 Å². The molecule has 0 aliphatic heterocycles. The molecule has 0 saturated heterocycles. The van der Waals surface area contributed by atoms with Gasteiger partial charge in [-0.25, -0.2) is 5.48 Å². The molecule has 0 aliphatic carbocycles. The van der Waals surface area contributed by atoms with Gasteiger partial charge in [0.25, 0.3) is 11.6 Å². The van der Waals surface area contributed by atoms with E-state index in [1.165, 1.54) is 12.1 Å². The molecule has 2 aromatic rings. The summed E-state index contributed by atoms with van der Waals surface area (Å²) >= 11 is 0. The van der Waals surface area contributed by atoms with Crippen LogP contribution in [0.1, 0.15) is 17.3 Å². The fraction of sp³-hybridized carbons (Fsp3) is 0.133. The first-order valence-electron chi connectivity index (χ1n) is 6.55. The number of non-ortho nitro benzene ring substituents is 1. The van der Waals surface area contributed by atoms with Gasteiger partial charge in [-0.1, -0.05) is 18.2 Å². The minimum atomic E-state index is -0.614. The SMILES string of the molecule is CCONC(=O)c1cc([N+](=O)[O-])ccc1Oc1ccccc1. The normalized spacial score (nSPS) is 10.0. The quantitative estimate of drug-likeness (QED) is 0.654. The van der Waals surface area contributed by atoms with Crippen molar-refractivity contribution in [3.63, 3.8) is 0 Å². The summed E-state index contributed by atoms with van der Waals surface area (Å²) < 4.78 is 5.61. The third-order valence-corrected chi connectivity index (χ3v) is 2.70. The number of nitro benzene ring substituents is 1. The molecule has 0 bridgehead atoms. The Morgan fingerprint density at radius 1 is 1.23 bits per heavy atom. The van der Waals surface area contributed by atoms with Crippen molar-refractivity contribution in [3.8, 4) is 11.5 Å². The lowest BCUT2D eigenvalue weighted by atomic mass is 10.1. The van der Waals surface area contributed by atoms with Crippen LogP contribution in [0.2, 0.25) is 0 Å². The number of para-hydroxylation sites is 1.